The predicted molar refractivity (Wildman–Crippen MR) is 205 cm³/mol. The molecule has 0 rings (SSSR count). The van der Waals surface area contributed by atoms with Crippen molar-refractivity contribution in [3.05, 3.63) is 36.5 Å². The normalized spacial score (nSPS) is 14.7. The highest BCUT2D eigenvalue weighted by Gasteiger charge is 2.28. The van der Waals surface area contributed by atoms with Gasteiger partial charge >= 0.3 is 0 Å². The number of carbonyl (C=O) groups is 1. The van der Waals surface area contributed by atoms with E-state index in [9.17, 15) is 25.2 Å². The molecule has 0 aromatic carbocycles. The second-order valence-electron chi connectivity index (χ2n) is 14.0. The minimum Gasteiger partial charge on any atom is -0.394 e. The van der Waals surface area contributed by atoms with Crippen molar-refractivity contribution in [1.29, 1.82) is 0 Å². The van der Waals surface area contributed by atoms with E-state index in [4.69, 9.17) is 0 Å². The van der Waals surface area contributed by atoms with Gasteiger partial charge in [-0.25, -0.2) is 0 Å². The van der Waals surface area contributed by atoms with Gasteiger partial charge < -0.3 is 25.7 Å². The third-order valence-corrected chi connectivity index (χ3v) is 9.31. The monoisotopic (exact) mass is 678 g/mol. The lowest BCUT2D eigenvalue weighted by Crippen LogP contribution is -2.53. The van der Waals surface area contributed by atoms with Crippen molar-refractivity contribution in [3.8, 4) is 0 Å². The number of nitrogens with one attached hydrogen (secondary N) is 1. The largest absolute Gasteiger partial charge is 0.394 e. The summed E-state index contributed by atoms with van der Waals surface area (Å²) in [6.45, 7) is 3.99. The molecule has 0 saturated carbocycles. The number of allylic oxidation sites excluding steroid dienone is 6. The van der Waals surface area contributed by atoms with Crippen LogP contribution < -0.4 is 5.32 Å². The van der Waals surface area contributed by atoms with E-state index in [1.807, 2.05) is 0 Å². The number of hydrogen-bond acceptors (Lipinski definition) is 5. The molecule has 6 heteroatoms. The molecule has 0 heterocycles. The Hall–Kier alpha value is -1.47. The van der Waals surface area contributed by atoms with Crippen LogP contribution in [0.3, 0.4) is 0 Å². The highest BCUT2D eigenvalue weighted by Crippen LogP contribution is 2.14. The van der Waals surface area contributed by atoms with E-state index in [2.05, 4.69) is 55.6 Å². The predicted octanol–water partition coefficient (Wildman–Crippen LogP) is 10.2. The summed E-state index contributed by atoms with van der Waals surface area (Å²) in [6.07, 6.45) is 41.9. The molecule has 0 saturated heterocycles. The van der Waals surface area contributed by atoms with Crippen LogP contribution in [0.25, 0.3) is 0 Å². The number of rotatable bonds is 36. The SMILES string of the molecule is CCCCCCCCCCCC/C=C/CC/C=C/CC/C=C/CCCC(O)C(O)C(CO)NC(=O)C(O)CCCCCCCCCCC. The molecule has 0 aromatic heterocycles. The molecule has 0 spiro atoms. The van der Waals surface area contributed by atoms with Crippen molar-refractivity contribution < 1.29 is 25.2 Å². The summed E-state index contributed by atoms with van der Waals surface area (Å²) < 4.78 is 0. The molecule has 0 aliphatic carbocycles. The first-order valence-electron chi connectivity index (χ1n) is 20.4. The Kier molecular flexibility index (Phi) is 35.7. The summed E-state index contributed by atoms with van der Waals surface area (Å²) in [4.78, 5) is 12.4. The summed E-state index contributed by atoms with van der Waals surface area (Å²) >= 11 is 0. The van der Waals surface area contributed by atoms with Gasteiger partial charge in [0.05, 0.1) is 18.8 Å². The Morgan fingerprint density at radius 1 is 0.500 bits per heavy atom. The van der Waals surface area contributed by atoms with Gasteiger partial charge in [0.15, 0.2) is 0 Å². The number of unbranched alkanes of at least 4 members (excludes halogenated alkanes) is 21. The number of aliphatic hydroxyl groups is 4. The van der Waals surface area contributed by atoms with Crippen LogP contribution in [-0.4, -0.2) is 57.3 Å². The van der Waals surface area contributed by atoms with Gasteiger partial charge in [-0.2, -0.15) is 0 Å². The molecule has 0 radical (unpaired) electrons. The van der Waals surface area contributed by atoms with Crippen LogP contribution in [0, 0.1) is 0 Å². The number of hydrogen-bond donors (Lipinski definition) is 5. The van der Waals surface area contributed by atoms with Crippen molar-refractivity contribution in [3.63, 3.8) is 0 Å². The lowest BCUT2D eigenvalue weighted by molar-refractivity contribution is -0.132. The molecular formula is C42H79NO5. The van der Waals surface area contributed by atoms with Crippen LogP contribution in [0.15, 0.2) is 36.5 Å². The molecule has 0 bridgehead atoms. The van der Waals surface area contributed by atoms with Crippen molar-refractivity contribution >= 4 is 5.91 Å². The zero-order valence-corrected chi connectivity index (χ0v) is 31.5. The van der Waals surface area contributed by atoms with Crippen LogP contribution in [0.5, 0.6) is 0 Å². The average molecular weight is 678 g/mol. The van der Waals surface area contributed by atoms with E-state index in [-0.39, 0.29) is 0 Å². The van der Waals surface area contributed by atoms with Gasteiger partial charge in [-0.1, -0.05) is 166 Å². The Morgan fingerprint density at radius 2 is 0.875 bits per heavy atom. The molecule has 1 amide bonds. The maximum Gasteiger partial charge on any atom is 0.249 e. The fraction of sp³-hybridized carbons (Fsp3) is 0.833. The van der Waals surface area contributed by atoms with E-state index < -0.39 is 36.9 Å². The first kappa shape index (κ1) is 46.5. The maximum atomic E-state index is 12.4. The molecule has 0 fully saturated rings. The first-order chi connectivity index (χ1) is 23.5. The highest BCUT2D eigenvalue weighted by atomic mass is 16.3. The van der Waals surface area contributed by atoms with Gasteiger partial charge in [-0.05, 0) is 64.2 Å². The van der Waals surface area contributed by atoms with Gasteiger partial charge in [0.2, 0.25) is 5.91 Å². The molecule has 4 atom stereocenters. The summed E-state index contributed by atoms with van der Waals surface area (Å²) in [5.74, 6) is -0.604. The quantitative estimate of drug-likeness (QED) is 0.0335. The summed E-state index contributed by atoms with van der Waals surface area (Å²) in [6, 6.07) is -1.01. The Balaban J connectivity index is 3.82. The number of carbonyl (C=O) groups excluding carboxylic acids is 1. The van der Waals surface area contributed by atoms with E-state index in [1.54, 1.807) is 0 Å². The maximum absolute atomic E-state index is 12.4. The zero-order chi connectivity index (χ0) is 35.3. The lowest BCUT2D eigenvalue weighted by atomic mass is 10.00. The van der Waals surface area contributed by atoms with Crippen molar-refractivity contribution in [2.75, 3.05) is 6.61 Å². The molecule has 4 unspecified atom stereocenters. The van der Waals surface area contributed by atoms with E-state index in [1.165, 1.54) is 109 Å². The van der Waals surface area contributed by atoms with Crippen LogP contribution in [0.1, 0.15) is 194 Å². The summed E-state index contributed by atoms with van der Waals surface area (Å²) in [7, 11) is 0. The van der Waals surface area contributed by atoms with Crippen LogP contribution in [0.4, 0.5) is 0 Å². The van der Waals surface area contributed by atoms with Gasteiger partial charge in [0.1, 0.15) is 12.2 Å². The average Bonchev–Trinajstić information content (AvgIpc) is 3.09. The van der Waals surface area contributed by atoms with Crippen LogP contribution >= 0.6 is 0 Å². The molecule has 48 heavy (non-hydrogen) atoms. The molecule has 0 aliphatic rings. The van der Waals surface area contributed by atoms with E-state index in [0.29, 0.717) is 19.3 Å². The standard InChI is InChI=1S/C42H79NO5/c1-3-5-7-9-11-13-14-15-16-17-18-19-20-21-22-23-24-25-26-28-29-31-33-35-39(45)41(47)38(37-44)43-42(48)40(46)36-34-32-30-27-12-10-8-6-4-2/h19-20,23-24,28-29,38-41,44-47H,3-18,21-22,25-27,30-37H2,1-2H3,(H,43,48)/b20-19+,24-23+,29-28+. The summed E-state index contributed by atoms with van der Waals surface area (Å²) in [5.41, 5.74) is 0. The van der Waals surface area contributed by atoms with Crippen molar-refractivity contribution in [1.82, 2.24) is 5.32 Å². The van der Waals surface area contributed by atoms with Crippen molar-refractivity contribution in [2.24, 2.45) is 0 Å². The molecular weight excluding hydrogens is 598 g/mol. The van der Waals surface area contributed by atoms with Gasteiger partial charge in [0, 0.05) is 0 Å². The third kappa shape index (κ3) is 30.6. The molecule has 0 aromatic rings. The van der Waals surface area contributed by atoms with Crippen LogP contribution in [-0.2, 0) is 4.79 Å². The minimum atomic E-state index is -1.29. The number of aliphatic hydroxyl groups excluding tert-OH is 4. The molecule has 0 aliphatic heterocycles. The fourth-order valence-corrected chi connectivity index (χ4v) is 6.02. The molecule has 6 nitrogen and oxygen atoms in total. The molecule has 5 N–H and O–H groups in total. The highest BCUT2D eigenvalue weighted by molar-refractivity contribution is 5.80. The molecule has 282 valence electrons. The van der Waals surface area contributed by atoms with E-state index >= 15 is 0 Å². The Morgan fingerprint density at radius 3 is 1.31 bits per heavy atom. The van der Waals surface area contributed by atoms with E-state index in [0.717, 1.165) is 51.4 Å². The van der Waals surface area contributed by atoms with Gasteiger partial charge in [-0.3, -0.25) is 4.79 Å². The first-order valence-corrected chi connectivity index (χ1v) is 20.4. The zero-order valence-electron chi connectivity index (χ0n) is 31.5. The number of amides is 1. The van der Waals surface area contributed by atoms with Gasteiger partial charge in [-0.15, -0.1) is 0 Å². The second-order valence-corrected chi connectivity index (χ2v) is 14.0. The Bertz CT molecular complexity index is 767. The van der Waals surface area contributed by atoms with Gasteiger partial charge in [0.25, 0.3) is 0 Å². The second kappa shape index (κ2) is 36.8. The topological polar surface area (TPSA) is 110 Å². The Labute approximate surface area is 297 Å². The lowest BCUT2D eigenvalue weighted by Gasteiger charge is -2.27. The van der Waals surface area contributed by atoms with Crippen LogP contribution in [0.2, 0.25) is 0 Å². The minimum absolute atomic E-state index is 0.359. The smallest absolute Gasteiger partial charge is 0.249 e. The van der Waals surface area contributed by atoms with Crippen molar-refractivity contribution in [2.45, 2.75) is 218 Å². The third-order valence-electron chi connectivity index (χ3n) is 9.31. The fourth-order valence-electron chi connectivity index (χ4n) is 6.02. The summed E-state index contributed by atoms with van der Waals surface area (Å²) in [5, 5.41) is 43.4.